The number of rotatable bonds is 6. The second-order valence-corrected chi connectivity index (χ2v) is 6.50. The first-order valence-corrected chi connectivity index (χ1v) is 9.42. The molecule has 3 amide bonds. The van der Waals surface area contributed by atoms with Crippen LogP contribution < -0.4 is 16.2 Å². The van der Waals surface area contributed by atoms with Crippen LogP contribution in [0.15, 0.2) is 90.6 Å². The molecule has 0 fully saturated rings. The molecule has 3 rings (SSSR count). The van der Waals surface area contributed by atoms with Crippen LogP contribution in [0.5, 0.6) is 0 Å². The minimum atomic E-state index is -0.781. The van der Waals surface area contributed by atoms with Gasteiger partial charge in [0.15, 0.2) is 0 Å². The Morgan fingerprint density at radius 3 is 1.78 bits per heavy atom. The molecule has 0 saturated carbocycles. The van der Waals surface area contributed by atoms with E-state index in [9.17, 15) is 24.5 Å². The normalized spacial score (nSPS) is 10.7. The lowest BCUT2D eigenvalue weighted by Gasteiger charge is -2.12. The van der Waals surface area contributed by atoms with Gasteiger partial charge in [0.05, 0.1) is 4.92 Å². The first kappa shape index (κ1) is 21.9. The molecule has 0 unspecified atom stereocenters. The fraction of sp³-hybridized carbons (Fsp3) is 0. The summed E-state index contributed by atoms with van der Waals surface area (Å²) in [6.07, 6.45) is 1.34. The van der Waals surface area contributed by atoms with Crippen LogP contribution in [0.4, 0.5) is 5.69 Å². The lowest BCUT2D eigenvalue weighted by atomic mass is 10.1. The third kappa shape index (κ3) is 5.86. The number of nitro benzene ring substituents is 1. The van der Waals surface area contributed by atoms with Gasteiger partial charge in [0.1, 0.15) is 5.70 Å². The number of nitrogens with zero attached hydrogens (tertiary/aromatic N) is 1. The second kappa shape index (κ2) is 10.3. The van der Waals surface area contributed by atoms with E-state index in [1.807, 2.05) is 0 Å². The van der Waals surface area contributed by atoms with Gasteiger partial charge in [-0.2, -0.15) is 0 Å². The number of amides is 3. The lowest BCUT2D eigenvalue weighted by molar-refractivity contribution is -0.384. The zero-order valence-corrected chi connectivity index (χ0v) is 16.6. The van der Waals surface area contributed by atoms with E-state index in [1.54, 1.807) is 60.7 Å². The van der Waals surface area contributed by atoms with E-state index in [4.69, 9.17) is 0 Å². The monoisotopic (exact) mass is 430 g/mol. The number of carbonyl (C=O) groups is 3. The number of carbonyl (C=O) groups excluding carboxylic acids is 3. The molecular formula is C23H18N4O5. The van der Waals surface area contributed by atoms with Gasteiger partial charge in [-0.15, -0.1) is 0 Å². The third-order valence-corrected chi connectivity index (χ3v) is 4.27. The van der Waals surface area contributed by atoms with E-state index in [0.717, 1.165) is 0 Å². The van der Waals surface area contributed by atoms with Crippen molar-refractivity contribution >= 4 is 29.5 Å². The van der Waals surface area contributed by atoms with Crippen molar-refractivity contribution in [3.8, 4) is 0 Å². The van der Waals surface area contributed by atoms with E-state index in [0.29, 0.717) is 16.7 Å². The van der Waals surface area contributed by atoms with E-state index >= 15 is 0 Å². The van der Waals surface area contributed by atoms with Gasteiger partial charge in [-0.3, -0.25) is 35.3 Å². The van der Waals surface area contributed by atoms with E-state index in [-0.39, 0.29) is 11.4 Å². The van der Waals surface area contributed by atoms with Crippen LogP contribution >= 0.6 is 0 Å². The van der Waals surface area contributed by atoms with Gasteiger partial charge in [-0.25, -0.2) is 0 Å². The first-order valence-electron chi connectivity index (χ1n) is 9.42. The molecule has 3 aromatic rings. The van der Waals surface area contributed by atoms with Gasteiger partial charge in [0, 0.05) is 23.3 Å². The van der Waals surface area contributed by atoms with Crippen molar-refractivity contribution in [2.24, 2.45) is 0 Å². The maximum absolute atomic E-state index is 12.7. The Morgan fingerprint density at radius 1 is 0.719 bits per heavy atom. The number of hydrogen-bond acceptors (Lipinski definition) is 5. The Balaban J connectivity index is 1.80. The minimum absolute atomic E-state index is 0.114. The van der Waals surface area contributed by atoms with Crippen LogP contribution in [0.2, 0.25) is 0 Å². The fourth-order valence-electron chi connectivity index (χ4n) is 2.64. The first-order chi connectivity index (χ1) is 15.4. The maximum Gasteiger partial charge on any atom is 0.286 e. The van der Waals surface area contributed by atoms with E-state index < -0.39 is 22.6 Å². The number of hydrogen-bond donors (Lipinski definition) is 3. The molecule has 9 nitrogen and oxygen atoms in total. The minimum Gasteiger partial charge on any atom is -0.317 e. The highest BCUT2D eigenvalue weighted by molar-refractivity contribution is 6.06. The average Bonchev–Trinajstić information content (AvgIpc) is 2.83. The molecule has 0 radical (unpaired) electrons. The molecular weight excluding hydrogens is 412 g/mol. The topological polar surface area (TPSA) is 130 Å². The average molecular weight is 430 g/mol. The van der Waals surface area contributed by atoms with Crippen LogP contribution in [0.1, 0.15) is 26.3 Å². The molecule has 0 aliphatic heterocycles. The summed E-state index contributed by atoms with van der Waals surface area (Å²) in [6, 6.07) is 21.9. The summed E-state index contributed by atoms with van der Waals surface area (Å²) in [4.78, 5) is 47.7. The molecule has 0 aliphatic rings. The van der Waals surface area contributed by atoms with Crippen molar-refractivity contribution in [3.63, 3.8) is 0 Å². The quantitative estimate of drug-likeness (QED) is 0.314. The molecule has 0 heterocycles. The second-order valence-electron chi connectivity index (χ2n) is 6.50. The van der Waals surface area contributed by atoms with E-state index in [2.05, 4.69) is 16.2 Å². The largest absolute Gasteiger partial charge is 0.317 e. The van der Waals surface area contributed by atoms with Crippen LogP contribution in [-0.2, 0) is 4.79 Å². The zero-order chi connectivity index (χ0) is 22.9. The van der Waals surface area contributed by atoms with Crippen molar-refractivity contribution < 1.29 is 19.3 Å². The van der Waals surface area contributed by atoms with Crippen molar-refractivity contribution in [2.45, 2.75) is 0 Å². The summed E-state index contributed by atoms with van der Waals surface area (Å²) in [5.41, 5.74) is 5.35. The Labute approximate surface area is 182 Å². The number of hydrazine groups is 1. The summed E-state index contributed by atoms with van der Waals surface area (Å²) in [6.45, 7) is 0. The van der Waals surface area contributed by atoms with Gasteiger partial charge < -0.3 is 5.32 Å². The van der Waals surface area contributed by atoms with E-state index in [1.165, 1.54) is 30.3 Å². The SMILES string of the molecule is O=C(NNC(=O)c1ccccc1)/C(=C/c1ccc([N+](=O)[O-])cc1)NC(=O)c1ccccc1. The van der Waals surface area contributed by atoms with Crippen molar-refractivity contribution in [1.82, 2.24) is 16.2 Å². The standard InChI is InChI=1S/C23H18N4O5/c28-21(17-7-3-1-4-8-17)24-20(15-16-11-13-19(14-12-16)27(31)32)23(30)26-25-22(29)18-9-5-2-6-10-18/h1-15H,(H,24,28)(H,25,29)(H,26,30)/b20-15-. The fourth-order valence-corrected chi connectivity index (χ4v) is 2.64. The van der Waals surface area contributed by atoms with Crippen molar-refractivity contribution in [1.29, 1.82) is 0 Å². The molecule has 0 aliphatic carbocycles. The molecule has 9 heteroatoms. The highest BCUT2D eigenvalue weighted by atomic mass is 16.6. The Kier molecular flexibility index (Phi) is 7.05. The molecule has 3 N–H and O–H groups in total. The van der Waals surface area contributed by atoms with Gasteiger partial charge in [-0.1, -0.05) is 36.4 Å². The summed E-state index contributed by atoms with van der Waals surface area (Å²) in [5.74, 6) is -1.86. The van der Waals surface area contributed by atoms with Crippen LogP contribution in [0.25, 0.3) is 6.08 Å². The summed E-state index contributed by atoms with van der Waals surface area (Å²) in [5, 5.41) is 13.3. The predicted molar refractivity (Wildman–Crippen MR) is 117 cm³/mol. The molecule has 0 atom stereocenters. The number of non-ortho nitro benzene ring substituents is 1. The molecule has 32 heavy (non-hydrogen) atoms. The van der Waals surface area contributed by atoms with Crippen LogP contribution in [-0.4, -0.2) is 22.6 Å². The molecule has 0 bridgehead atoms. The van der Waals surface area contributed by atoms with Gasteiger partial charge in [0.25, 0.3) is 23.4 Å². The molecule has 0 spiro atoms. The Morgan fingerprint density at radius 2 is 1.25 bits per heavy atom. The molecule has 3 aromatic carbocycles. The van der Waals surface area contributed by atoms with Gasteiger partial charge in [-0.05, 0) is 48.0 Å². The summed E-state index contributed by atoms with van der Waals surface area (Å²) in [7, 11) is 0. The Hall–Kier alpha value is -4.79. The maximum atomic E-state index is 12.7. The van der Waals surface area contributed by atoms with Gasteiger partial charge >= 0.3 is 0 Å². The zero-order valence-electron chi connectivity index (χ0n) is 16.6. The lowest BCUT2D eigenvalue weighted by Crippen LogP contribution is -2.45. The van der Waals surface area contributed by atoms with Crippen molar-refractivity contribution in [2.75, 3.05) is 0 Å². The highest BCUT2D eigenvalue weighted by Gasteiger charge is 2.16. The number of nitrogens with one attached hydrogen (secondary N) is 3. The molecule has 0 saturated heterocycles. The van der Waals surface area contributed by atoms with Crippen LogP contribution in [0, 0.1) is 10.1 Å². The van der Waals surface area contributed by atoms with Crippen molar-refractivity contribution in [3.05, 3.63) is 117 Å². The number of benzene rings is 3. The summed E-state index contributed by atoms with van der Waals surface area (Å²) >= 11 is 0. The summed E-state index contributed by atoms with van der Waals surface area (Å²) < 4.78 is 0. The smallest absolute Gasteiger partial charge is 0.286 e. The number of nitro groups is 1. The molecule has 0 aromatic heterocycles. The third-order valence-electron chi connectivity index (χ3n) is 4.27. The predicted octanol–water partition coefficient (Wildman–Crippen LogP) is 2.83. The van der Waals surface area contributed by atoms with Gasteiger partial charge in [0.2, 0.25) is 0 Å². The van der Waals surface area contributed by atoms with Crippen LogP contribution in [0.3, 0.4) is 0 Å². The Bertz CT molecular complexity index is 1160. The highest BCUT2D eigenvalue weighted by Crippen LogP contribution is 2.14. The molecule has 160 valence electrons.